The van der Waals surface area contributed by atoms with Gasteiger partial charge < -0.3 is 4.74 Å². The Morgan fingerprint density at radius 2 is 2.06 bits per heavy atom. The number of ether oxygens (including phenoxy) is 1. The molecular weight excluding hydrogens is 219 g/mol. The van der Waals surface area contributed by atoms with E-state index < -0.39 is 11.9 Å². The van der Waals surface area contributed by atoms with Crippen molar-refractivity contribution >= 4 is 5.71 Å². The molecule has 16 heavy (non-hydrogen) atoms. The van der Waals surface area contributed by atoms with E-state index in [2.05, 4.69) is 6.92 Å². The van der Waals surface area contributed by atoms with Crippen LogP contribution in [0.2, 0.25) is 0 Å². The van der Waals surface area contributed by atoms with Crippen molar-refractivity contribution in [3.05, 3.63) is 11.6 Å². The molecule has 0 aromatic carbocycles. The number of rotatable bonds is 2. The molecule has 1 aliphatic rings. The van der Waals surface area contributed by atoms with Crippen LogP contribution in [0.15, 0.2) is 11.6 Å². The Balaban J connectivity index is 2.66. The standard InChI is InChI=1S/C11H16F3NO/c1-7-3-4-16-9(5-7)8(2)6-10(15)11(12,13)14/h6-7,9,15H,3-5H2,1-2H3/b8-6+,15-10?. The fourth-order valence-electron chi connectivity index (χ4n) is 1.68. The second-order valence-electron chi connectivity index (χ2n) is 4.29. The van der Waals surface area contributed by atoms with Gasteiger partial charge in [-0.25, -0.2) is 0 Å². The summed E-state index contributed by atoms with van der Waals surface area (Å²) in [6, 6.07) is 0. The lowest BCUT2D eigenvalue weighted by atomic mass is 9.93. The van der Waals surface area contributed by atoms with Crippen molar-refractivity contribution in [1.82, 2.24) is 0 Å². The fourth-order valence-corrected chi connectivity index (χ4v) is 1.68. The lowest BCUT2D eigenvalue weighted by Gasteiger charge is -2.28. The van der Waals surface area contributed by atoms with Crippen LogP contribution in [-0.2, 0) is 4.74 Å². The van der Waals surface area contributed by atoms with Gasteiger partial charge >= 0.3 is 6.18 Å². The van der Waals surface area contributed by atoms with Crippen molar-refractivity contribution in [3.8, 4) is 0 Å². The molecule has 1 aliphatic heterocycles. The lowest BCUT2D eigenvalue weighted by molar-refractivity contribution is -0.0585. The minimum atomic E-state index is -4.57. The van der Waals surface area contributed by atoms with Crippen LogP contribution in [0.25, 0.3) is 0 Å². The molecule has 0 amide bonds. The minimum absolute atomic E-state index is 0.272. The van der Waals surface area contributed by atoms with Crippen molar-refractivity contribution in [1.29, 1.82) is 5.41 Å². The molecule has 92 valence electrons. The molecule has 0 saturated carbocycles. The number of halogens is 3. The van der Waals surface area contributed by atoms with Gasteiger partial charge in [0.2, 0.25) is 0 Å². The van der Waals surface area contributed by atoms with Crippen molar-refractivity contribution in [2.24, 2.45) is 5.92 Å². The van der Waals surface area contributed by atoms with E-state index in [4.69, 9.17) is 10.1 Å². The third kappa shape index (κ3) is 3.63. The molecule has 2 atom stereocenters. The summed E-state index contributed by atoms with van der Waals surface area (Å²) in [6.07, 6.45) is -2.30. The van der Waals surface area contributed by atoms with E-state index in [0.29, 0.717) is 18.1 Å². The van der Waals surface area contributed by atoms with Gasteiger partial charge in [-0.05, 0) is 37.3 Å². The highest BCUT2D eigenvalue weighted by molar-refractivity contribution is 5.97. The maximum atomic E-state index is 12.1. The van der Waals surface area contributed by atoms with Gasteiger partial charge in [0.15, 0.2) is 0 Å². The first-order valence-electron chi connectivity index (χ1n) is 5.26. The van der Waals surface area contributed by atoms with Gasteiger partial charge in [-0.3, -0.25) is 5.41 Å². The van der Waals surface area contributed by atoms with Crippen molar-refractivity contribution in [3.63, 3.8) is 0 Å². The summed E-state index contributed by atoms with van der Waals surface area (Å²) in [5, 5.41) is 6.88. The van der Waals surface area contributed by atoms with Gasteiger partial charge in [-0.15, -0.1) is 0 Å². The topological polar surface area (TPSA) is 33.1 Å². The number of hydrogen-bond acceptors (Lipinski definition) is 2. The molecule has 1 fully saturated rings. The molecule has 5 heteroatoms. The summed E-state index contributed by atoms with van der Waals surface area (Å²) < 4.78 is 41.8. The predicted octanol–water partition coefficient (Wildman–Crippen LogP) is 3.33. The Morgan fingerprint density at radius 3 is 2.56 bits per heavy atom. The van der Waals surface area contributed by atoms with E-state index in [1.807, 2.05) is 0 Å². The van der Waals surface area contributed by atoms with Gasteiger partial charge in [0, 0.05) is 6.61 Å². The van der Waals surface area contributed by atoms with Crippen LogP contribution in [0.5, 0.6) is 0 Å². The SMILES string of the molecule is C/C(=C\C(=N)C(F)(F)F)C1CC(C)CCO1. The van der Waals surface area contributed by atoms with Crippen molar-refractivity contribution < 1.29 is 17.9 Å². The van der Waals surface area contributed by atoms with Crippen LogP contribution >= 0.6 is 0 Å². The number of hydrogen-bond donors (Lipinski definition) is 1. The van der Waals surface area contributed by atoms with E-state index in [9.17, 15) is 13.2 Å². The minimum Gasteiger partial charge on any atom is -0.374 e. The van der Waals surface area contributed by atoms with Crippen LogP contribution in [-0.4, -0.2) is 24.6 Å². The van der Waals surface area contributed by atoms with Crippen LogP contribution in [0, 0.1) is 11.3 Å². The molecule has 0 aliphatic carbocycles. The monoisotopic (exact) mass is 235 g/mol. The number of nitrogens with one attached hydrogen (secondary N) is 1. The van der Waals surface area contributed by atoms with Gasteiger partial charge in [-0.1, -0.05) is 6.92 Å². The summed E-state index contributed by atoms with van der Waals surface area (Å²) >= 11 is 0. The molecule has 1 rings (SSSR count). The average molecular weight is 235 g/mol. The Bertz CT molecular complexity index is 296. The van der Waals surface area contributed by atoms with Crippen molar-refractivity contribution in [2.45, 2.75) is 39.0 Å². The Labute approximate surface area is 93.0 Å². The molecule has 1 N–H and O–H groups in total. The van der Waals surface area contributed by atoms with Crippen LogP contribution in [0.4, 0.5) is 13.2 Å². The highest BCUT2D eigenvalue weighted by Gasteiger charge is 2.33. The highest BCUT2D eigenvalue weighted by atomic mass is 19.4. The summed E-state index contributed by atoms with van der Waals surface area (Å²) in [5.41, 5.74) is -0.833. The molecular formula is C11H16F3NO. The molecule has 1 saturated heterocycles. The zero-order valence-electron chi connectivity index (χ0n) is 9.40. The van der Waals surface area contributed by atoms with E-state index in [1.165, 1.54) is 0 Å². The van der Waals surface area contributed by atoms with E-state index in [0.717, 1.165) is 18.9 Å². The van der Waals surface area contributed by atoms with E-state index >= 15 is 0 Å². The summed E-state index contributed by atoms with van der Waals surface area (Å²) in [7, 11) is 0. The molecule has 1 heterocycles. The second-order valence-corrected chi connectivity index (χ2v) is 4.29. The Morgan fingerprint density at radius 1 is 1.44 bits per heavy atom. The van der Waals surface area contributed by atoms with Crippen LogP contribution in [0.3, 0.4) is 0 Å². The van der Waals surface area contributed by atoms with Crippen molar-refractivity contribution in [2.75, 3.05) is 6.61 Å². The lowest BCUT2D eigenvalue weighted by Crippen LogP contribution is -2.27. The zero-order chi connectivity index (χ0) is 12.3. The Hall–Kier alpha value is -0.840. The van der Waals surface area contributed by atoms with Gasteiger partial charge in [0.05, 0.1) is 6.10 Å². The maximum Gasteiger partial charge on any atom is 0.432 e. The largest absolute Gasteiger partial charge is 0.432 e. The second kappa shape index (κ2) is 4.99. The number of allylic oxidation sites excluding steroid dienone is 1. The van der Waals surface area contributed by atoms with Crippen LogP contribution in [0.1, 0.15) is 26.7 Å². The molecule has 0 spiro atoms. The first-order valence-corrected chi connectivity index (χ1v) is 5.26. The van der Waals surface area contributed by atoms with E-state index in [-0.39, 0.29) is 6.10 Å². The first-order chi connectivity index (χ1) is 7.30. The first kappa shape index (κ1) is 13.2. The predicted molar refractivity (Wildman–Crippen MR) is 55.7 cm³/mol. The summed E-state index contributed by atoms with van der Waals surface area (Å²) in [4.78, 5) is 0. The zero-order valence-corrected chi connectivity index (χ0v) is 9.40. The highest BCUT2D eigenvalue weighted by Crippen LogP contribution is 2.25. The average Bonchev–Trinajstić information content (AvgIpc) is 2.16. The molecule has 2 unspecified atom stereocenters. The summed E-state index contributed by atoms with van der Waals surface area (Å²) in [5.74, 6) is 0.460. The maximum absolute atomic E-state index is 12.1. The molecule has 0 aromatic rings. The van der Waals surface area contributed by atoms with E-state index in [1.54, 1.807) is 6.92 Å². The van der Waals surface area contributed by atoms with Gasteiger partial charge in [-0.2, -0.15) is 13.2 Å². The van der Waals surface area contributed by atoms with Crippen LogP contribution < -0.4 is 0 Å². The quantitative estimate of drug-likeness (QED) is 0.732. The molecule has 2 nitrogen and oxygen atoms in total. The summed E-state index contributed by atoms with van der Waals surface area (Å²) in [6.45, 7) is 4.22. The Kier molecular flexibility index (Phi) is 4.13. The molecule has 0 radical (unpaired) electrons. The molecule has 0 aromatic heterocycles. The normalized spacial score (nSPS) is 27.9. The third-order valence-corrected chi connectivity index (χ3v) is 2.73. The smallest absolute Gasteiger partial charge is 0.374 e. The fraction of sp³-hybridized carbons (Fsp3) is 0.727. The van der Waals surface area contributed by atoms with Gasteiger partial charge in [0.1, 0.15) is 5.71 Å². The number of alkyl halides is 3. The molecule has 0 bridgehead atoms. The third-order valence-electron chi connectivity index (χ3n) is 2.73. The van der Waals surface area contributed by atoms with Gasteiger partial charge in [0.25, 0.3) is 0 Å².